The van der Waals surface area contributed by atoms with E-state index in [4.69, 9.17) is 10.5 Å². The van der Waals surface area contributed by atoms with Crippen LogP contribution in [0.15, 0.2) is 28.7 Å². The molecular formula is C13H20BrClN2O2. The van der Waals surface area contributed by atoms with E-state index in [1.807, 2.05) is 31.2 Å². The first-order valence-electron chi connectivity index (χ1n) is 6.00. The number of para-hydroxylation sites is 1. The van der Waals surface area contributed by atoms with E-state index in [1.54, 1.807) is 0 Å². The number of halogens is 2. The SMILES string of the molecule is C[C@@H](CN)NC(=O)CCCOc1ccccc1Br.Cl. The van der Waals surface area contributed by atoms with E-state index < -0.39 is 0 Å². The lowest BCUT2D eigenvalue weighted by Crippen LogP contribution is -2.37. The highest BCUT2D eigenvalue weighted by molar-refractivity contribution is 9.10. The highest BCUT2D eigenvalue weighted by Crippen LogP contribution is 2.23. The van der Waals surface area contributed by atoms with Crippen LogP contribution >= 0.6 is 28.3 Å². The second-order valence-electron chi connectivity index (χ2n) is 4.09. The molecule has 0 unspecified atom stereocenters. The van der Waals surface area contributed by atoms with Crippen molar-refractivity contribution in [1.29, 1.82) is 0 Å². The number of rotatable bonds is 7. The van der Waals surface area contributed by atoms with Crippen LogP contribution in [-0.2, 0) is 4.79 Å². The standard InChI is InChI=1S/C13H19BrN2O2.ClH/c1-10(9-15)16-13(17)7-4-8-18-12-6-3-2-5-11(12)14;/h2-3,5-6,10H,4,7-9,15H2,1H3,(H,16,17);1H/t10-;/m0./s1. The van der Waals surface area contributed by atoms with Gasteiger partial charge in [0.05, 0.1) is 11.1 Å². The third-order valence-corrected chi connectivity index (χ3v) is 3.06. The van der Waals surface area contributed by atoms with Crippen LogP contribution in [0.25, 0.3) is 0 Å². The number of amides is 1. The molecule has 0 bridgehead atoms. The Bertz CT molecular complexity index is 391. The van der Waals surface area contributed by atoms with Crippen LogP contribution in [0.4, 0.5) is 0 Å². The molecule has 0 heterocycles. The van der Waals surface area contributed by atoms with Crippen molar-refractivity contribution in [2.45, 2.75) is 25.8 Å². The van der Waals surface area contributed by atoms with Crippen LogP contribution in [0.2, 0.25) is 0 Å². The van der Waals surface area contributed by atoms with Gasteiger partial charge < -0.3 is 15.8 Å². The minimum atomic E-state index is 0. The molecule has 0 radical (unpaired) electrons. The van der Waals surface area contributed by atoms with E-state index in [1.165, 1.54) is 0 Å². The van der Waals surface area contributed by atoms with Crippen molar-refractivity contribution in [2.24, 2.45) is 5.73 Å². The highest BCUT2D eigenvalue weighted by atomic mass is 79.9. The molecule has 0 aromatic heterocycles. The van der Waals surface area contributed by atoms with Gasteiger partial charge in [-0.05, 0) is 41.4 Å². The summed E-state index contributed by atoms with van der Waals surface area (Å²) < 4.78 is 6.49. The Morgan fingerprint density at radius 1 is 1.47 bits per heavy atom. The van der Waals surface area contributed by atoms with Crippen LogP contribution in [0.3, 0.4) is 0 Å². The normalized spacial score (nSPS) is 11.3. The number of carbonyl (C=O) groups is 1. The number of ether oxygens (including phenoxy) is 1. The monoisotopic (exact) mass is 350 g/mol. The van der Waals surface area contributed by atoms with Gasteiger partial charge in [0.25, 0.3) is 0 Å². The molecule has 6 heteroatoms. The largest absolute Gasteiger partial charge is 0.492 e. The topological polar surface area (TPSA) is 64.3 Å². The molecule has 1 aromatic carbocycles. The number of hydrogen-bond donors (Lipinski definition) is 2. The minimum Gasteiger partial charge on any atom is -0.492 e. The van der Waals surface area contributed by atoms with Crippen molar-refractivity contribution in [3.63, 3.8) is 0 Å². The first-order chi connectivity index (χ1) is 8.63. The predicted molar refractivity (Wildman–Crippen MR) is 82.8 cm³/mol. The summed E-state index contributed by atoms with van der Waals surface area (Å²) in [6.07, 6.45) is 1.14. The lowest BCUT2D eigenvalue weighted by Gasteiger charge is -2.11. The summed E-state index contributed by atoms with van der Waals surface area (Å²) in [4.78, 5) is 11.5. The van der Waals surface area contributed by atoms with Crippen LogP contribution < -0.4 is 15.8 Å². The van der Waals surface area contributed by atoms with Gasteiger partial charge in [-0.3, -0.25) is 4.79 Å². The predicted octanol–water partition coefficient (Wildman–Crippen LogP) is 2.49. The molecule has 1 atom stereocenters. The van der Waals surface area contributed by atoms with Crippen molar-refractivity contribution < 1.29 is 9.53 Å². The van der Waals surface area contributed by atoms with Gasteiger partial charge in [0.1, 0.15) is 5.75 Å². The average molecular weight is 352 g/mol. The summed E-state index contributed by atoms with van der Waals surface area (Å²) in [5.41, 5.74) is 5.42. The molecule has 0 spiro atoms. The van der Waals surface area contributed by atoms with E-state index >= 15 is 0 Å². The Morgan fingerprint density at radius 2 is 2.16 bits per heavy atom. The Kier molecular flexibility index (Phi) is 9.65. The molecule has 3 N–H and O–H groups in total. The molecule has 0 fully saturated rings. The molecule has 0 aliphatic carbocycles. The fourth-order valence-electron chi connectivity index (χ4n) is 1.38. The van der Waals surface area contributed by atoms with E-state index in [9.17, 15) is 4.79 Å². The molecule has 0 saturated heterocycles. The molecular weight excluding hydrogens is 332 g/mol. The number of nitrogens with two attached hydrogens (primary N) is 1. The number of hydrogen-bond acceptors (Lipinski definition) is 3. The zero-order valence-corrected chi connectivity index (χ0v) is 13.3. The highest BCUT2D eigenvalue weighted by Gasteiger charge is 2.05. The lowest BCUT2D eigenvalue weighted by molar-refractivity contribution is -0.121. The molecule has 0 saturated carbocycles. The van der Waals surface area contributed by atoms with Gasteiger partial charge in [-0.1, -0.05) is 12.1 Å². The Labute approximate surface area is 128 Å². The maximum Gasteiger partial charge on any atom is 0.220 e. The Hall–Kier alpha value is -0.780. The van der Waals surface area contributed by atoms with Gasteiger partial charge in [0.15, 0.2) is 0 Å². The maximum atomic E-state index is 11.5. The fourth-order valence-corrected chi connectivity index (χ4v) is 1.78. The van der Waals surface area contributed by atoms with E-state index in [0.29, 0.717) is 26.0 Å². The average Bonchev–Trinajstić information content (AvgIpc) is 2.36. The van der Waals surface area contributed by atoms with Gasteiger partial charge >= 0.3 is 0 Å². The van der Waals surface area contributed by atoms with Crippen molar-refractivity contribution in [1.82, 2.24) is 5.32 Å². The molecule has 1 rings (SSSR count). The summed E-state index contributed by atoms with van der Waals surface area (Å²) in [6.45, 7) is 2.86. The quantitative estimate of drug-likeness (QED) is 0.742. The summed E-state index contributed by atoms with van der Waals surface area (Å²) in [5, 5.41) is 2.81. The molecule has 0 aliphatic heterocycles. The lowest BCUT2D eigenvalue weighted by atomic mass is 10.2. The summed E-state index contributed by atoms with van der Waals surface area (Å²) in [7, 11) is 0. The third kappa shape index (κ3) is 7.40. The zero-order chi connectivity index (χ0) is 13.4. The maximum absolute atomic E-state index is 11.5. The molecule has 1 amide bonds. The Morgan fingerprint density at radius 3 is 2.79 bits per heavy atom. The molecule has 1 aromatic rings. The summed E-state index contributed by atoms with van der Waals surface area (Å²) in [5.74, 6) is 0.817. The van der Waals surface area contributed by atoms with E-state index in [2.05, 4.69) is 21.2 Å². The molecule has 0 aliphatic rings. The Balaban J connectivity index is 0.00000324. The van der Waals surface area contributed by atoms with Crippen molar-refractivity contribution in [3.05, 3.63) is 28.7 Å². The van der Waals surface area contributed by atoms with Gasteiger partial charge in [-0.15, -0.1) is 12.4 Å². The first-order valence-corrected chi connectivity index (χ1v) is 6.79. The van der Waals surface area contributed by atoms with E-state index in [-0.39, 0.29) is 24.4 Å². The second-order valence-corrected chi connectivity index (χ2v) is 4.94. The molecule has 4 nitrogen and oxygen atoms in total. The minimum absolute atomic E-state index is 0. The smallest absolute Gasteiger partial charge is 0.220 e. The van der Waals surface area contributed by atoms with Crippen LogP contribution in [-0.4, -0.2) is 25.1 Å². The van der Waals surface area contributed by atoms with Crippen LogP contribution in [0.1, 0.15) is 19.8 Å². The summed E-state index contributed by atoms with van der Waals surface area (Å²) >= 11 is 3.40. The van der Waals surface area contributed by atoms with Gasteiger partial charge in [0.2, 0.25) is 5.91 Å². The number of benzene rings is 1. The van der Waals surface area contributed by atoms with Gasteiger partial charge in [0, 0.05) is 19.0 Å². The number of carbonyl (C=O) groups excluding carboxylic acids is 1. The summed E-state index contributed by atoms with van der Waals surface area (Å²) in [6, 6.07) is 7.68. The number of nitrogens with one attached hydrogen (secondary N) is 1. The first kappa shape index (κ1) is 18.2. The van der Waals surface area contributed by atoms with E-state index in [0.717, 1.165) is 10.2 Å². The second kappa shape index (κ2) is 10.1. The fraction of sp³-hybridized carbons (Fsp3) is 0.462. The third-order valence-electron chi connectivity index (χ3n) is 2.40. The van der Waals surface area contributed by atoms with Gasteiger partial charge in [-0.25, -0.2) is 0 Å². The van der Waals surface area contributed by atoms with Crippen LogP contribution in [0, 0.1) is 0 Å². The van der Waals surface area contributed by atoms with Crippen molar-refractivity contribution >= 4 is 34.2 Å². The molecule has 19 heavy (non-hydrogen) atoms. The van der Waals surface area contributed by atoms with Crippen molar-refractivity contribution in [2.75, 3.05) is 13.2 Å². The zero-order valence-electron chi connectivity index (χ0n) is 10.9. The van der Waals surface area contributed by atoms with Crippen LogP contribution in [0.5, 0.6) is 5.75 Å². The molecule has 108 valence electrons. The van der Waals surface area contributed by atoms with Crippen molar-refractivity contribution in [3.8, 4) is 5.75 Å². The van der Waals surface area contributed by atoms with Gasteiger partial charge in [-0.2, -0.15) is 0 Å².